The van der Waals surface area contributed by atoms with Crippen molar-refractivity contribution < 1.29 is 19.4 Å². The van der Waals surface area contributed by atoms with E-state index in [0.29, 0.717) is 18.8 Å². The van der Waals surface area contributed by atoms with Crippen LogP contribution in [-0.2, 0) is 9.53 Å². The van der Waals surface area contributed by atoms with Gasteiger partial charge in [-0.05, 0) is 52.9 Å². The van der Waals surface area contributed by atoms with E-state index < -0.39 is 11.6 Å². The summed E-state index contributed by atoms with van der Waals surface area (Å²) < 4.78 is 5.72. The number of amides is 1. The van der Waals surface area contributed by atoms with Gasteiger partial charge in [0, 0.05) is 5.54 Å². The fourth-order valence-electron chi connectivity index (χ4n) is 4.61. The molecule has 0 bridgehead atoms. The van der Waals surface area contributed by atoms with Crippen molar-refractivity contribution in [2.45, 2.75) is 96.7 Å². The van der Waals surface area contributed by atoms with Crippen LogP contribution in [0.15, 0.2) is 12.2 Å². The van der Waals surface area contributed by atoms with E-state index in [9.17, 15) is 14.7 Å². The number of carboxylic acid groups (broad SMARTS) is 1. The first kappa shape index (κ1) is 20.8. The SMILES string of the molecule is C=C(C)CC1CC(C(CC2CCCCC2)N(C(=O)O)C(C)(C)C)OC1=O. The summed E-state index contributed by atoms with van der Waals surface area (Å²) in [6, 6.07) is -0.283. The van der Waals surface area contributed by atoms with Gasteiger partial charge in [0.25, 0.3) is 0 Å². The highest BCUT2D eigenvalue weighted by atomic mass is 16.6. The van der Waals surface area contributed by atoms with Crippen molar-refractivity contribution >= 4 is 12.1 Å². The zero-order chi connectivity index (χ0) is 19.5. The molecule has 0 radical (unpaired) electrons. The second-order valence-corrected chi connectivity index (χ2v) is 9.20. The molecule has 0 aromatic carbocycles. The Balaban J connectivity index is 2.23. The zero-order valence-corrected chi connectivity index (χ0v) is 16.8. The van der Waals surface area contributed by atoms with Crippen molar-refractivity contribution in [3.8, 4) is 0 Å². The number of ether oxygens (including phenoxy) is 1. The van der Waals surface area contributed by atoms with E-state index in [4.69, 9.17) is 4.74 Å². The van der Waals surface area contributed by atoms with Crippen molar-refractivity contribution in [2.75, 3.05) is 0 Å². The molecule has 2 fully saturated rings. The fourth-order valence-corrected chi connectivity index (χ4v) is 4.61. The van der Waals surface area contributed by atoms with Crippen LogP contribution < -0.4 is 0 Å². The van der Waals surface area contributed by atoms with Crippen molar-refractivity contribution in [1.82, 2.24) is 4.90 Å². The van der Waals surface area contributed by atoms with Gasteiger partial charge in [0.05, 0.1) is 12.0 Å². The molecule has 1 saturated carbocycles. The molecule has 1 heterocycles. The molecular formula is C21H35NO4. The van der Waals surface area contributed by atoms with Crippen molar-refractivity contribution in [1.29, 1.82) is 0 Å². The number of carbonyl (C=O) groups is 2. The summed E-state index contributed by atoms with van der Waals surface area (Å²) in [4.78, 5) is 26.0. The Labute approximate surface area is 157 Å². The first-order valence-electron chi connectivity index (χ1n) is 9.96. The normalized spacial score (nSPS) is 25.6. The highest BCUT2D eigenvalue weighted by molar-refractivity contribution is 5.75. The molecule has 3 atom stereocenters. The van der Waals surface area contributed by atoms with Gasteiger partial charge in [-0.3, -0.25) is 9.69 Å². The molecule has 2 rings (SSSR count). The van der Waals surface area contributed by atoms with Gasteiger partial charge in [0.1, 0.15) is 6.10 Å². The third-order valence-corrected chi connectivity index (χ3v) is 5.70. The smallest absolute Gasteiger partial charge is 0.408 e. The van der Waals surface area contributed by atoms with Gasteiger partial charge in [0.2, 0.25) is 0 Å². The number of allylic oxidation sites excluding steroid dienone is 1. The highest BCUT2D eigenvalue weighted by Gasteiger charge is 2.45. The molecule has 0 aromatic rings. The molecule has 1 N–H and O–H groups in total. The fraction of sp³-hybridized carbons (Fsp3) is 0.810. The largest absolute Gasteiger partial charge is 0.465 e. The molecule has 5 nitrogen and oxygen atoms in total. The molecule has 3 unspecified atom stereocenters. The van der Waals surface area contributed by atoms with Crippen LogP contribution in [0.1, 0.15) is 79.1 Å². The Bertz CT molecular complexity index is 531. The summed E-state index contributed by atoms with van der Waals surface area (Å²) in [5.41, 5.74) is 0.423. The van der Waals surface area contributed by atoms with E-state index in [-0.39, 0.29) is 24.0 Å². The Morgan fingerprint density at radius 1 is 1.31 bits per heavy atom. The zero-order valence-electron chi connectivity index (χ0n) is 16.8. The second-order valence-electron chi connectivity index (χ2n) is 9.20. The lowest BCUT2D eigenvalue weighted by Crippen LogP contribution is -2.56. The van der Waals surface area contributed by atoms with Gasteiger partial charge in [0.15, 0.2) is 0 Å². The average molecular weight is 366 g/mol. The van der Waals surface area contributed by atoms with Gasteiger partial charge in [-0.15, -0.1) is 6.58 Å². The third kappa shape index (κ3) is 5.24. The van der Waals surface area contributed by atoms with Crippen LogP contribution >= 0.6 is 0 Å². The molecular weight excluding hydrogens is 330 g/mol. The van der Waals surface area contributed by atoms with E-state index in [0.717, 1.165) is 24.8 Å². The van der Waals surface area contributed by atoms with E-state index in [1.807, 2.05) is 27.7 Å². The lowest BCUT2D eigenvalue weighted by atomic mass is 9.81. The van der Waals surface area contributed by atoms with Gasteiger partial charge in [-0.1, -0.05) is 37.7 Å². The third-order valence-electron chi connectivity index (χ3n) is 5.70. The second kappa shape index (κ2) is 8.45. The predicted octanol–water partition coefficient (Wildman–Crippen LogP) is 5.00. The first-order valence-corrected chi connectivity index (χ1v) is 9.96. The number of cyclic esters (lactones) is 1. The van der Waals surface area contributed by atoms with E-state index >= 15 is 0 Å². The minimum Gasteiger partial charge on any atom is -0.465 e. The lowest BCUT2D eigenvalue weighted by Gasteiger charge is -2.43. The molecule has 1 aliphatic heterocycles. The van der Waals surface area contributed by atoms with E-state index in [1.54, 1.807) is 0 Å². The van der Waals surface area contributed by atoms with Crippen LogP contribution in [0.3, 0.4) is 0 Å². The van der Waals surface area contributed by atoms with E-state index in [1.165, 1.54) is 24.2 Å². The van der Waals surface area contributed by atoms with Crippen LogP contribution in [0.5, 0.6) is 0 Å². The molecule has 1 amide bonds. The summed E-state index contributed by atoms with van der Waals surface area (Å²) in [6.45, 7) is 11.6. The number of hydrogen-bond acceptors (Lipinski definition) is 3. The van der Waals surface area contributed by atoms with Crippen molar-refractivity contribution in [3.63, 3.8) is 0 Å². The molecule has 2 aliphatic rings. The van der Waals surface area contributed by atoms with Crippen molar-refractivity contribution in [3.05, 3.63) is 12.2 Å². The molecule has 0 aromatic heterocycles. The lowest BCUT2D eigenvalue weighted by molar-refractivity contribution is -0.147. The molecule has 1 saturated heterocycles. The molecule has 5 heteroatoms. The topological polar surface area (TPSA) is 66.8 Å². The Morgan fingerprint density at radius 2 is 1.92 bits per heavy atom. The van der Waals surface area contributed by atoms with Gasteiger partial charge in [-0.25, -0.2) is 4.79 Å². The van der Waals surface area contributed by atoms with E-state index in [2.05, 4.69) is 6.58 Å². The molecule has 148 valence electrons. The van der Waals surface area contributed by atoms with Crippen LogP contribution in [0, 0.1) is 11.8 Å². The quantitative estimate of drug-likeness (QED) is 0.531. The maximum atomic E-state index is 12.3. The number of nitrogens with zero attached hydrogens (tertiary/aromatic N) is 1. The maximum Gasteiger partial charge on any atom is 0.408 e. The summed E-state index contributed by atoms with van der Waals surface area (Å²) in [7, 11) is 0. The van der Waals surface area contributed by atoms with Gasteiger partial charge in [-0.2, -0.15) is 0 Å². The summed E-state index contributed by atoms with van der Waals surface area (Å²) in [5, 5.41) is 9.92. The van der Waals surface area contributed by atoms with Gasteiger partial charge >= 0.3 is 12.1 Å². The number of hydrogen-bond donors (Lipinski definition) is 1. The summed E-state index contributed by atoms with van der Waals surface area (Å²) >= 11 is 0. The van der Waals surface area contributed by atoms with Crippen LogP contribution in [0.2, 0.25) is 0 Å². The summed E-state index contributed by atoms with van der Waals surface area (Å²) in [5.74, 6) is 0.115. The molecule has 0 spiro atoms. The maximum absolute atomic E-state index is 12.3. The van der Waals surface area contributed by atoms with Crippen LogP contribution in [0.4, 0.5) is 4.79 Å². The minimum absolute atomic E-state index is 0.193. The number of esters is 1. The molecule has 26 heavy (non-hydrogen) atoms. The number of carbonyl (C=O) groups excluding carboxylic acids is 1. The first-order chi connectivity index (χ1) is 12.1. The van der Waals surface area contributed by atoms with Gasteiger partial charge < -0.3 is 9.84 Å². The monoisotopic (exact) mass is 365 g/mol. The highest BCUT2D eigenvalue weighted by Crippen LogP contribution is 2.37. The standard InChI is InChI=1S/C21H35NO4/c1-14(2)11-16-13-18(26-19(16)23)17(12-15-9-7-6-8-10-15)22(20(24)25)21(3,4)5/h15-18H,1,6-13H2,2-5H3,(H,24,25). The Kier molecular flexibility index (Phi) is 6.75. The summed E-state index contributed by atoms with van der Waals surface area (Å²) in [6.07, 6.45) is 6.67. The van der Waals surface area contributed by atoms with Crippen LogP contribution in [-0.4, -0.2) is 39.8 Å². The Morgan fingerprint density at radius 3 is 2.42 bits per heavy atom. The molecule has 1 aliphatic carbocycles. The average Bonchev–Trinajstić information content (AvgIpc) is 2.86. The minimum atomic E-state index is -0.933. The van der Waals surface area contributed by atoms with Crippen molar-refractivity contribution in [2.24, 2.45) is 11.8 Å². The predicted molar refractivity (Wildman–Crippen MR) is 102 cm³/mol. The Hall–Kier alpha value is -1.52. The van der Waals surface area contributed by atoms with Crippen LogP contribution in [0.25, 0.3) is 0 Å². The number of rotatable bonds is 6.